The van der Waals surface area contributed by atoms with Crippen LogP contribution in [0.25, 0.3) is 0 Å². The van der Waals surface area contributed by atoms with Crippen LogP contribution in [0.3, 0.4) is 0 Å². The number of aryl methyl sites for hydroxylation is 2. The summed E-state index contributed by atoms with van der Waals surface area (Å²) in [5, 5.41) is 8.62. The Morgan fingerprint density at radius 1 is 1.50 bits per heavy atom. The Morgan fingerprint density at radius 2 is 2.19 bits per heavy atom. The lowest BCUT2D eigenvalue weighted by Gasteiger charge is -2.14. The van der Waals surface area contributed by atoms with Crippen LogP contribution < -0.4 is 5.32 Å². The van der Waals surface area contributed by atoms with Crippen LogP contribution in [0.15, 0.2) is 0 Å². The van der Waals surface area contributed by atoms with Gasteiger partial charge in [0.05, 0.1) is 16.4 Å². The zero-order valence-electron chi connectivity index (χ0n) is 10.3. The van der Waals surface area contributed by atoms with Crippen molar-refractivity contribution in [2.24, 2.45) is 12.5 Å². The second kappa shape index (κ2) is 4.38. The van der Waals surface area contributed by atoms with Crippen LogP contribution in [0.1, 0.15) is 31.2 Å². The van der Waals surface area contributed by atoms with Crippen LogP contribution in [0.4, 0.5) is 0 Å². The molecule has 0 aromatic carbocycles. The van der Waals surface area contributed by atoms with Gasteiger partial charge in [0, 0.05) is 13.6 Å². The molecular weight excluding hydrogens is 222 g/mol. The third-order valence-electron chi connectivity index (χ3n) is 3.55. The summed E-state index contributed by atoms with van der Waals surface area (Å²) in [7, 11) is 4.01. The summed E-state index contributed by atoms with van der Waals surface area (Å²) < 4.78 is 1.96. The molecule has 16 heavy (non-hydrogen) atoms. The predicted molar refractivity (Wildman–Crippen MR) is 66.9 cm³/mol. The normalized spacial score (nSPS) is 17.8. The fraction of sp³-hybridized carbons (Fsp3) is 0.750. The van der Waals surface area contributed by atoms with Crippen molar-refractivity contribution < 1.29 is 0 Å². The molecule has 1 aliphatic carbocycles. The van der Waals surface area contributed by atoms with Gasteiger partial charge in [0.15, 0.2) is 0 Å². The van der Waals surface area contributed by atoms with Crippen molar-refractivity contribution in [3.8, 4) is 0 Å². The molecule has 90 valence electrons. The molecule has 3 nitrogen and oxygen atoms in total. The average Bonchev–Trinajstić information content (AvgIpc) is 2.96. The molecule has 0 aliphatic heterocycles. The highest BCUT2D eigenvalue weighted by molar-refractivity contribution is 6.31. The van der Waals surface area contributed by atoms with E-state index in [1.54, 1.807) is 0 Å². The van der Waals surface area contributed by atoms with E-state index in [4.69, 9.17) is 11.6 Å². The van der Waals surface area contributed by atoms with Gasteiger partial charge < -0.3 is 5.32 Å². The van der Waals surface area contributed by atoms with Crippen LogP contribution in [0, 0.1) is 5.41 Å². The van der Waals surface area contributed by atoms with Gasteiger partial charge in [-0.15, -0.1) is 0 Å². The molecule has 0 spiro atoms. The topological polar surface area (TPSA) is 29.9 Å². The standard InChI is InChI=1S/C12H20ClN3/c1-4-9-11(13)10(16(3)15-9)7-12(5-6-12)8-14-2/h14H,4-8H2,1-3H3. The Bertz CT molecular complexity index is 380. The average molecular weight is 242 g/mol. The first kappa shape index (κ1) is 11.9. The summed E-state index contributed by atoms with van der Waals surface area (Å²) in [6.45, 7) is 3.18. The number of aromatic nitrogens is 2. The van der Waals surface area contributed by atoms with Gasteiger partial charge >= 0.3 is 0 Å². The number of hydrogen-bond donors (Lipinski definition) is 1. The maximum atomic E-state index is 6.36. The molecule has 1 N–H and O–H groups in total. The Labute approximate surface area is 102 Å². The third kappa shape index (κ3) is 2.11. The zero-order valence-corrected chi connectivity index (χ0v) is 11.1. The van der Waals surface area contributed by atoms with Gasteiger partial charge in [0.2, 0.25) is 0 Å². The molecule has 0 amide bonds. The van der Waals surface area contributed by atoms with Crippen molar-refractivity contribution in [3.63, 3.8) is 0 Å². The monoisotopic (exact) mass is 241 g/mol. The molecule has 1 aliphatic rings. The molecule has 1 saturated carbocycles. The largest absolute Gasteiger partial charge is 0.319 e. The van der Waals surface area contributed by atoms with E-state index in [-0.39, 0.29) is 0 Å². The summed E-state index contributed by atoms with van der Waals surface area (Å²) in [5.74, 6) is 0. The number of halogens is 1. The summed E-state index contributed by atoms with van der Waals surface area (Å²) in [5.41, 5.74) is 2.67. The first-order valence-electron chi connectivity index (χ1n) is 5.97. The second-order valence-electron chi connectivity index (χ2n) is 4.89. The molecule has 4 heteroatoms. The Kier molecular flexibility index (Phi) is 3.27. The van der Waals surface area contributed by atoms with Crippen LogP contribution in [0.2, 0.25) is 5.02 Å². The Balaban J connectivity index is 2.18. The minimum atomic E-state index is 0.442. The molecule has 0 atom stereocenters. The molecule has 1 fully saturated rings. The predicted octanol–water partition coefficient (Wildman–Crippen LogP) is 2.18. The zero-order chi connectivity index (χ0) is 11.8. The van der Waals surface area contributed by atoms with Gasteiger partial charge in [-0.3, -0.25) is 4.68 Å². The number of nitrogens with zero attached hydrogens (tertiary/aromatic N) is 2. The van der Waals surface area contributed by atoms with Crippen molar-refractivity contribution in [1.82, 2.24) is 15.1 Å². The Hall–Kier alpha value is -0.540. The number of rotatable bonds is 5. The van der Waals surface area contributed by atoms with E-state index in [0.717, 1.165) is 30.1 Å². The summed E-state index contributed by atoms with van der Waals surface area (Å²) in [4.78, 5) is 0. The highest BCUT2D eigenvalue weighted by atomic mass is 35.5. The Morgan fingerprint density at radius 3 is 2.62 bits per heavy atom. The lowest BCUT2D eigenvalue weighted by molar-refractivity contribution is 0.462. The van der Waals surface area contributed by atoms with Crippen LogP contribution in [0.5, 0.6) is 0 Å². The summed E-state index contributed by atoms with van der Waals surface area (Å²) in [6, 6.07) is 0. The van der Waals surface area contributed by atoms with Crippen molar-refractivity contribution >= 4 is 11.6 Å². The van der Waals surface area contributed by atoms with E-state index in [0.29, 0.717) is 5.41 Å². The maximum Gasteiger partial charge on any atom is 0.0849 e. The van der Waals surface area contributed by atoms with E-state index >= 15 is 0 Å². The van der Waals surface area contributed by atoms with E-state index in [9.17, 15) is 0 Å². The molecule has 1 aromatic heterocycles. The molecular formula is C12H20ClN3. The fourth-order valence-corrected chi connectivity index (χ4v) is 2.70. The fourth-order valence-electron chi connectivity index (χ4n) is 2.33. The van der Waals surface area contributed by atoms with Crippen LogP contribution >= 0.6 is 11.6 Å². The lowest BCUT2D eigenvalue weighted by Crippen LogP contribution is -2.23. The molecule has 1 heterocycles. The number of hydrogen-bond acceptors (Lipinski definition) is 2. The first-order chi connectivity index (χ1) is 7.62. The highest BCUT2D eigenvalue weighted by Gasteiger charge is 2.43. The molecule has 0 unspecified atom stereocenters. The third-order valence-corrected chi connectivity index (χ3v) is 3.99. The van der Waals surface area contributed by atoms with E-state index < -0.39 is 0 Å². The highest BCUT2D eigenvalue weighted by Crippen LogP contribution is 2.48. The van der Waals surface area contributed by atoms with Crippen molar-refractivity contribution in [3.05, 3.63) is 16.4 Å². The van der Waals surface area contributed by atoms with Crippen LogP contribution in [-0.4, -0.2) is 23.4 Å². The minimum absolute atomic E-state index is 0.442. The first-order valence-corrected chi connectivity index (χ1v) is 6.34. The second-order valence-corrected chi connectivity index (χ2v) is 5.27. The number of nitrogens with one attached hydrogen (secondary N) is 1. The van der Waals surface area contributed by atoms with Crippen molar-refractivity contribution in [2.45, 2.75) is 32.6 Å². The van der Waals surface area contributed by atoms with Crippen LogP contribution in [-0.2, 0) is 19.9 Å². The molecule has 2 rings (SSSR count). The smallest absolute Gasteiger partial charge is 0.0849 e. The molecule has 0 bridgehead atoms. The van der Waals surface area contributed by atoms with Gasteiger partial charge in [0.25, 0.3) is 0 Å². The molecule has 0 radical (unpaired) electrons. The summed E-state index contributed by atoms with van der Waals surface area (Å²) in [6.07, 6.45) is 4.56. The quantitative estimate of drug-likeness (QED) is 0.857. The minimum Gasteiger partial charge on any atom is -0.319 e. The van der Waals surface area contributed by atoms with Gasteiger partial charge in [-0.05, 0) is 38.1 Å². The van der Waals surface area contributed by atoms with E-state index in [2.05, 4.69) is 17.3 Å². The van der Waals surface area contributed by atoms with Crippen molar-refractivity contribution in [2.75, 3.05) is 13.6 Å². The van der Waals surface area contributed by atoms with Gasteiger partial charge in [-0.1, -0.05) is 18.5 Å². The molecule has 0 saturated heterocycles. The summed E-state index contributed by atoms with van der Waals surface area (Å²) >= 11 is 6.36. The van der Waals surface area contributed by atoms with Crippen molar-refractivity contribution in [1.29, 1.82) is 0 Å². The van der Waals surface area contributed by atoms with Gasteiger partial charge in [0.1, 0.15) is 0 Å². The van der Waals surface area contributed by atoms with E-state index in [1.165, 1.54) is 18.5 Å². The molecule has 1 aromatic rings. The van der Waals surface area contributed by atoms with E-state index in [1.807, 2.05) is 18.8 Å². The maximum absolute atomic E-state index is 6.36. The SMILES string of the molecule is CCc1nn(C)c(CC2(CNC)CC2)c1Cl. The lowest BCUT2D eigenvalue weighted by atomic mass is 10.00. The van der Waals surface area contributed by atoms with Gasteiger partial charge in [-0.25, -0.2) is 0 Å². The van der Waals surface area contributed by atoms with Gasteiger partial charge in [-0.2, -0.15) is 5.10 Å².